The van der Waals surface area contributed by atoms with Crippen molar-refractivity contribution in [2.45, 2.75) is 58.1 Å². The number of hydrogen-bond acceptors (Lipinski definition) is 2. The minimum absolute atomic E-state index is 0.317. The quantitative estimate of drug-likeness (QED) is 0.872. The van der Waals surface area contributed by atoms with Crippen LogP contribution in [0.3, 0.4) is 0 Å². The van der Waals surface area contributed by atoms with Crippen molar-refractivity contribution in [2.24, 2.45) is 0 Å². The van der Waals surface area contributed by atoms with Crippen LogP contribution in [0.25, 0.3) is 0 Å². The number of anilines is 1. The smallest absolute Gasteiger partial charge is 0.0787 e. The zero-order chi connectivity index (χ0) is 13.0. The summed E-state index contributed by atoms with van der Waals surface area (Å²) < 4.78 is 0. The molecule has 2 rings (SSSR count). The van der Waals surface area contributed by atoms with Gasteiger partial charge in [-0.1, -0.05) is 26.0 Å². The molecule has 2 heteroatoms. The molecule has 1 heterocycles. The number of aliphatic hydroxyl groups excluding tert-OH is 1. The Labute approximate surface area is 111 Å². The van der Waals surface area contributed by atoms with Gasteiger partial charge in [0, 0.05) is 18.3 Å². The van der Waals surface area contributed by atoms with Gasteiger partial charge in [0.1, 0.15) is 0 Å². The average molecular weight is 247 g/mol. The summed E-state index contributed by atoms with van der Waals surface area (Å²) in [6.07, 6.45) is 5.66. The maximum Gasteiger partial charge on any atom is 0.0787 e. The van der Waals surface area contributed by atoms with Gasteiger partial charge in [-0.05, 0) is 49.8 Å². The lowest BCUT2D eigenvalue weighted by molar-refractivity contribution is 0.173. The summed E-state index contributed by atoms with van der Waals surface area (Å²) in [6, 6.07) is 9.18. The van der Waals surface area contributed by atoms with Crippen LogP contribution >= 0.6 is 0 Å². The Morgan fingerprint density at radius 3 is 2.56 bits per heavy atom. The molecular weight excluding hydrogens is 222 g/mol. The van der Waals surface area contributed by atoms with Gasteiger partial charge in [0.25, 0.3) is 0 Å². The zero-order valence-corrected chi connectivity index (χ0v) is 11.6. The summed E-state index contributed by atoms with van der Waals surface area (Å²) in [5.41, 5.74) is 2.35. The summed E-state index contributed by atoms with van der Waals surface area (Å²) in [5.74, 6) is 0. The normalized spacial score (nSPS) is 21.9. The number of rotatable bonds is 4. The molecular formula is C16H25NO. The third kappa shape index (κ3) is 2.86. The summed E-state index contributed by atoms with van der Waals surface area (Å²) in [6.45, 7) is 5.46. The lowest BCUT2D eigenvalue weighted by atomic mass is 9.98. The molecule has 2 atom stereocenters. The van der Waals surface area contributed by atoms with Gasteiger partial charge in [0.2, 0.25) is 0 Å². The predicted molar refractivity (Wildman–Crippen MR) is 77.0 cm³/mol. The van der Waals surface area contributed by atoms with Crippen LogP contribution in [-0.4, -0.2) is 17.7 Å². The highest BCUT2D eigenvalue weighted by atomic mass is 16.3. The monoisotopic (exact) mass is 247 g/mol. The molecule has 0 spiro atoms. The van der Waals surface area contributed by atoms with Crippen molar-refractivity contribution < 1.29 is 5.11 Å². The standard InChI is InChI=1S/C16H25NO/c1-3-14-7-5-6-12-17(14)15-10-8-13(9-11-15)16(18)4-2/h8-11,14,16,18H,3-7,12H2,1-2H3/t14?,16-/m0/s1. The molecule has 1 saturated heterocycles. The van der Waals surface area contributed by atoms with Gasteiger partial charge in [-0.2, -0.15) is 0 Å². The highest BCUT2D eigenvalue weighted by Gasteiger charge is 2.20. The van der Waals surface area contributed by atoms with Crippen LogP contribution in [0.1, 0.15) is 57.6 Å². The number of hydrogen-bond donors (Lipinski definition) is 1. The van der Waals surface area contributed by atoms with E-state index in [2.05, 4.69) is 36.1 Å². The molecule has 1 aromatic carbocycles. The Hall–Kier alpha value is -1.02. The van der Waals surface area contributed by atoms with Gasteiger partial charge < -0.3 is 10.0 Å². The molecule has 0 aromatic heterocycles. The van der Waals surface area contributed by atoms with Crippen molar-refractivity contribution >= 4 is 5.69 Å². The van der Waals surface area contributed by atoms with E-state index in [-0.39, 0.29) is 6.10 Å². The Bertz CT molecular complexity index is 360. The molecule has 18 heavy (non-hydrogen) atoms. The minimum atomic E-state index is -0.317. The van der Waals surface area contributed by atoms with Gasteiger partial charge in [0.05, 0.1) is 6.10 Å². The fraction of sp³-hybridized carbons (Fsp3) is 0.625. The molecule has 0 amide bonds. The highest BCUT2D eigenvalue weighted by molar-refractivity contribution is 5.49. The molecule has 100 valence electrons. The Morgan fingerprint density at radius 2 is 1.94 bits per heavy atom. The van der Waals surface area contributed by atoms with Crippen molar-refractivity contribution in [3.8, 4) is 0 Å². The molecule has 1 aliphatic heterocycles. The Morgan fingerprint density at radius 1 is 1.22 bits per heavy atom. The van der Waals surface area contributed by atoms with Gasteiger partial charge >= 0.3 is 0 Å². The van der Waals surface area contributed by atoms with E-state index in [0.717, 1.165) is 12.0 Å². The second kappa shape index (κ2) is 6.24. The van der Waals surface area contributed by atoms with Gasteiger partial charge in [-0.15, -0.1) is 0 Å². The maximum atomic E-state index is 9.82. The minimum Gasteiger partial charge on any atom is -0.388 e. The molecule has 1 fully saturated rings. The summed E-state index contributed by atoms with van der Waals surface area (Å²) in [5, 5.41) is 9.82. The first-order valence-corrected chi connectivity index (χ1v) is 7.31. The fourth-order valence-corrected chi connectivity index (χ4v) is 2.89. The van der Waals surface area contributed by atoms with E-state index in [1.807, 2.05) is 6.92 Å². The van der Waals surface area contributed by atoms with E-state index < -0.39 is 0 Å². The van der Waals surface area contributed by atoms with E-state index in [9.17, 15) is 5.11 Å². The number of piperidine rings is 1. The van der Waals surface area contributed by atoms with E-state index >= 15 is 0 Å². The molecule has 1 unspecified atom stereocenters. The van der Waals surface area contributed by atoms with Crippen LogP contribution in [0, 0.1) is 0 Å². The molecule has 2 nitrogen and oxygen atoms in total. The van der Waals surface area contributed by atoms with Crippen LogP contribution in [0.15, 0.2) is 24.3 Å². The molecule has 0 bridgehead atoms. The Balaban J connectivity index is 2.12. The SMILES string of the molecule is CCC1CCCCN1c1ccc([C@@H](O)CC)cc1. The molecule has 1 N–H and O–H groups in total. The van der Waals surface area contributed by atoms with Crippen LogP contribution in [0.5, 0.6) is 0 Å². The van der Waals surface area contributed by atoms with E-state index in [4.69, 9.17) is 0 Å². The average Bonchev–Trinajstić information content (AvgIpc) is 2.46. The van der Waals surface area contributed by atoms with Gasteiger partial charge in [-0.25, -0.2) is 0 Å². The number of benzene rings is 1. The lowest BCUT2D eigenvalue weighted by Gasteiger charge is -2.37. The second-order valence-corrected chi connectivity index (χ2v) is 5.27. The second-order valence-electron chi connectivity index (χ2n) is 5.27. The lowest BCUT2D eigenvalue weighted by Crippen LogP contribution is -2.39. The van der Waals surface area contributed by atoms with Crippen molar-refractivity contribution in [1.82, 2.24) is 0 Å². The molecule has 0 aliphatic carbocycles. The first-order chi connectivity index (χ1) is 8.76. The van der Waals surface area contributed by atoms with Gasteiger partial charge in [0.15, 0.2) is 0 Å². The molecule has 0 radical (unpaired) electrons. The van der Waals surface area contributed by atoms with Crippen molar-refractivity contribution in [3.05, 3.63) is 29.8 Å². The molecule has 1 aromatic rings. The molecule has 0 saturated carbocycles. The van der Waals surface area contributed by atoms with Crippen molar-refractivity contribution in [2.75, 3.05) is 11.4 Å². The van der Waals surface area contributed by atoms with Crippen LogP contribution in [0.2, 0.25) is 0 Å². The first-order valence-electron chi connectivity index (χ1n) is 7.31. The predicted octanol–water partition coefficient (Wildman–Crippen LogP) is 3.90. The summed E-state index contributed by atoms with van der Waals surface area (Å²) in [4.78, 5) is 2.53. The van der Waals surface area contributed by atoms with Crippen LogP contribution in [0.4, 0.5) is 5.69 Å². The van der Waals surface area contributed by atoms with E-state index in [1.54, 1.807) is 0 Å². The third-order valence-corrected chi connectivity index (χ3v) is 4.09. The van der Waals surface area contributed by atoms with Crippen LogP contribution in [-0.2, 0) is 0 Å². The summed E-state index contributed by atoms with van der Waals surface area (Å²) >= 11 is 0. The van der Waals surface area contributed by atoms with Crippen LogP contribution < -0.4 is 4.90 Å². The fourth-order valence-electron chi connectivity index (χ4n) is 2.89. The number of nitrogens with zero attached hydrogens (tertiary/aromatic N) is 1. The largest absolute Gasteiger partial charge is 0.388 e. The van der Waals surface area contributed by atoms with E-state index in [0.29, 0.717) is 6.04 Å². The Kier molecular flexibility index (Phi) is 4.65. The third-order valence-electron chi connectivity index (χ3n) is 4.09. The molecule has 1 aliphatic rings. The van der Waals surface area contributed by atoms with Crippen molar-refractivity contribution in [3.63, 3.8) is 0 Å². The zero-order valence-electron chi connectivity index (χ0n) is 11.6. The topological polar surface area (TPSA) is 23.5 Å². The first kappa shape index (κ1) is 13.4. The van der Waals surface area contributed by atoms with Gasteiger partial charge in [-0.3, -0.25) is 0 Å². The van der Waals surface area contributed by atoms with Crippen molar-refractivity contribution in [1.29, 1.82) is 0 Å². The number of aliphatic hydroxyl groups is 1. The maximum absolute atomic E-state index is 9.82. The van der Waals surface area contributed by atoms with E-state index in [1.165, 1.54) is 37.9 Å². The highest BCUT2D eigenvalue weighted by Crippen LogP contribution is 2.28. The summed E-state index contributed by atoms with van der Waals surface area (Å²) in [7, 11) is 0.